The molecule has 0 radical (unpaired) electrons. The number of hydrogen-bond acceptors (Lipinski definition) is 7. The van der Waals surface area contributed by atoms with Crippen LogP contribution in [0.15, 0.2) is 12.7 Å². The molecule has 0 aromatic carbocycles. The lowest BCUT2D eigenvalue weighted by Crippen LogP contribution is -2.37. The molecule has 108 valence electrons. The molecule has 0 spiro atoms. The maximum atomic E-state index is 10.1. The summed E-state index contributed by atoms with van der Waals surface area (Å²) in [6.07, 6.45) is -2.03. The summed E-state index contributed by atoms with van der Waals surface area (Å²) in [7, 11) is 0. The van der Waals surface area contributed by atoms with Gasteiger partial charge in [0.25, 0.3) is 0 Å². The fourth-order valence-corrected chi connectivity index (χ4v) is 2.47. The predicted molar refractivity (Wildman–Crippen MR) is 67.7 cm³/mol. The number of aromatic nitrogens is 4. The number of rotatable bonds is 2. The van der Waals surface area contributed by atoms with E-state index in [2.05, 4.69) is 15.0 Å². The number of aliphatic hydroxyl groups excluding tert-OH is 3. The monoisotopic (exact) mass is 280 g/mol. The Balaban J connectivity index is 2.02. The van der Waals surface area contributed by atoms with Gasteiger partial charge in [0, 0.05) is 0 Å². The highest BCUT2D eigenvalue weighted by Crippen LogP contribution is 2.32. The van der Waals surface area contributed by atoms with Gasteiger partial charge in [-0.05, 0) is 13.8 Å². The first-order valence-electron chi connectivity index (χ1n) is 6.34. The highest BCUT2D eigenvalue weighted by atomic mass is 16.6. The van der Waals surface area contributed by atoms with Gasteiger partial charge in [-0.2, -0.15) is 0 Å². The van der Waals surface area contributed by atoms with Crippen LogP contribution in [0, 0.1) is 6.92 Å². The van der Waals surface area contributed by atoms with Crippen LogP contribution in [0.25, 0.3) is 11.2 Å². The molecule has 1 fully saturated rings. The van der Waals surface area contributed by atoms with Gasteiger partial charge in [0.05, 0.1) is 18.1 Å². The third-order valence-electron chi connectivity index (χ3n) is 3.57. The predicted octanol–water partition coefficient (Wildman–Crippen LogP) is -0.865. The van der Waals surface area contributed by atoms with Crippen LogP contribution in [-0.4, -0.2) is 59.3 Å². The topological polar surface area (TPSA) is 114 Å². The summed E-state index contributed by atoms with van der Waals surface area (Å²) in [5.41, 5.74) is 1.84. The van der Waals surface area contributed by atoms with Crippen LogP contribution < -0.4 is 0 Å². The minimum absolute atomic E-state index is 0.514. The van der Waals surface area contributed by atoms with Crippen molar-refractivity contribution >= 4 is 11.2 Å². The number of hydrogen-bond donors (Lipinski definition) is 3. The van der Waals surface area contributed by atoms with Gasteiger partial charge in [-0.1, -0.05) is 0 Å². The number of aryl methyl sites for hydroxylation is 1. The van der Waals surface area contributed by atoms with E-state index in [1.807, 2.05) is 0 Å². The lowest BCUT2D eigenvalue weighted by atomic mass is 10.1. The molecule has 8 nitrogen and oxygen atoms in total. The molecule has 0 saturated carbocycles. The summed E-state index contributed by atoms with van der Waals surface area (Å²) in [5, 5.41) is 29.6. The van der Waals surface area contributed by atoms with Gasteiger partial charge >= 0.3 is 0 Å². The molecule has 0 amide bonds. The Labute approximate surface area is 114 Å². The maximum Gasteiger partial charge on any atom is 0.165 e. The zero-order valence-electron chi connectivity index (χ0n) is 11.1. The molecule has 0 bridgehead atoms. The molecule has 1 saturated heterocycles. The van der Waals surface area contributed by atoms with Gasteiger partial charge in [-0.3, -0.25) is 4.57 Å². The number of aliphatic hydroxyl groups is 3. The first-order chi connectivity index (χ1) is 9.50. The molecule has 3 rings (SSSR count). The number of fused-ring (bicyclic) bond motifs is 1. The average molecular weight is 280 g/mol. The highest BCUT2D eigenvalue weighted by Gasteiger charge is 2.46. The molecule has 2 aromatic rings. The van der Waals surface area contributed by atoms with E-state index in [4.69, 9.17) is 4.74 Å². The summed E-state index contributed by atoms with van der Waals surface area (Å²) in [4.78, 5) is 12.4. The van der Waals surface area contributed by atoms with Gasteiger partial charge < -0.3 is 20.1 Å². The van der Waals surface area contributed by atoms with Crippen molar-refractivity contribution in [1.29, 1.82) is 0 Å². The van der Waals surface area contributed by atoms with Crippen molar-refractivity contribution in [2.24, 2.45) is 0 Å². The summed E-state index contributed by atoms with van der Waals surface area (Å²) in [6.45, 7) is 3.31. The van der Waals surface area contributed by atoms with Crippen molar-refractivity contribution in [3.05, 3.63) is 18.3 Å². The Hall–Kier alpha value is -1.61. The molecule has 20 heavy (non-hydrogen) atoms. The van der Waals surface area contributed by atoms with E-state index in [1.54, 1.807) is 11.5 Å². The number of ether oxygens (including phenoxy) is 1. The van der Waals surface area contributed by atoms with Crippen molar-refractivity contribution in [3.8, 4) is 0 Å². The Kier molecular flexibility index (Phi) is 3.17. The van der Waals surface area contributed by atoms with Crippen LogP contribution in [0.1, 0.15) is 18.8 Å². The second-order valence-corrected chi connectivity index (χ2v) is 5.00. The van der Waals surface area contributed by atoms with E-state index in [9.17, 15) is 15.3 Å². The molecule has 2 aromatic heterocycles. The first kappa shape index (κ1) is 13.4. The van der Waals surface area contributed by atoms with E-state index in [0.717, 1.165) is 0 Å². The second-order valence-electron chi connectivity index (χ2n) is 5.00. The normalized spacial score (nSPS) is 31.9. The lowest BCUT2D eigenvalue weighted by molar-refractivity contribution is -0.0777. The van der Waals surface area contributed by atoms with Crippen molar-refractivity contribution in [1.82, 2.24) is 19.5 Å². The Bertz CT molecular complexity index is 629. The largest absolute Gasteiger partial charge is 0.391 e. The van der Waals surface area contributed by atoms with Crippen LogP contribution in [-0.2, 0) is 4.74 Å². The standard InChI is InChI=1S/C12H16N4O4/c1-5-7-11(14-3-13-5)16(4-15-7)12-9(19)8(18)10(20-12)6(2)17/h3-4,6,8-10,12,17-19H,1-2H3/t6-,8+,9-,10-,12-/m1/s1. The zero-order chi connectivity index (χ0) is 14.4. The lowest BCUT2D eigenvalue weighted by Gasteiger charge is -2.17. The Morgan fingerprint density at radius 3 is 2.65 bits per heavy atom. The van der Waals surface area contributed by atoms with E-state index in [1.165, 1.54) is 19.6 Å². The summed E-state index contributed by atoms with van der Waals surface area (Å²) in [6, 6.07) is 0. The molecule has 1 aliphatic rings. The van der Waals surface area contributed by atoms with Gasteiger partial charge in [-0.25, -0.2) is 15.0 Å². The number of imidazole rings is 1. The molecular formula is C12H16N4O4. The van der Waals surface area contributed by atoms with Gasteiger partial charge in [0.15, 0.2) is 11.9 Å². The number of nitrogens with zero attached hydrogens (tertiary/aromatic N) is 4. The molecular weight excluding hydrogens is 264 g/mol. The van der Waals surface area contributed by atoms with Gasteiger partial charge in [0.1, 0.15) is 30.2 Å². The van der Waals surface area contributed by atoms with Crippen LogP contribution in [0.4, 0.5) is 0 Å². The van der Waals surface area contributed by atoms with E-state index >= 15 is 0 Å². The van der Waals surface area contributed by atoms with Crippen LogP contribution in [0.5, 0.6) is 0 Å². The zero-order valence-corrected chi connectivity index (χ0v) is 11.1. The van der Waals surface area contributed by atoms with Crippen molar-refractivity contribution in [2.75, 3.05) is 0 Å². The SMILES string of the molecule is Cc1ncnc2c1ncn2[C@@H]1O[C@H]([C@@H](C)O)[C@@H](O)[C@H]1O. The maximum absolute atomic E-state index is 10.1. The van der Waals surface area contributed by atoms with Gasteiger partial charge in [-0.15, -0.1) is 0 Å². The third kappa shape index (κ3) is 1.88. The van der Waals surface area contributed by atoms with E-state index in [0.29, 0.717) is 16.9 Å². The second kappa shape index (κ2) is 4.74. The minimum atomic E-state index is -1.17. The Morgan fingerprint density at radius 1 is 1.25 bits per heavy atom. The summed E-state index contributed by atoms with van der Waals surface area (Å²) in [5.74, 6) is 0. The quantitative estimate of drug-likeness (QED) is 0.655. The molecule has 8 heteroatoms. The molecule has 1 aliphatic heterocycles. The average Bonchev–Trinajstić information content (AvgIpc) is 2.94. The summed E-state index contributed by atoms with van der Waals surface area (Å²) >= 11 is 0. The third-order valence-corrected chi connectivity index (χ3v) is 3.57. The summed E-state index contributed by atoms with van der Waals surface area (Å²) < 4.78 is 7.09. The van der Waals surface area contributed by atoms with Crippen molar-refractivity contribution < 1.29 is 20.1 Å². The van der Waals surface area contributed by atoms with Crippen LogP contribution in [0.3, 0.4) is 0 Å². The minimum Gasteiger partial charge on any atom is -0.391 e. The first-order valence-corrected chi connectivity index (χ1v) is 6.34. The van der Waals surface area contributed by atoms with E-state index < -0.39 is 30.6 Å². The Morgan fingerprint density at radius 2 is 2.00 bits per heavy atom. The van der Waals surface area contributed by atoms with Crippen LogP contribution in [0.2, 0.25) is 0 Å². The molecule has 0 aliphatic carbocycles. The molecule has 3 heterocycles. The smallest absolute Gasteiger partial charge is 0.165 e. The molecule has 3 N–H and O–H groups in total. The van der Waals surface area contributed by atoms with Gasteiger partial charge in [0.2, 0.25) is 0 Å². The van der Waals surface area contributed by atoms with Crippen molar-refractivity contribution in [3.63, 3.8) is 0 Å². The molecule has 0 unspecified atom stereocenters. The van der Waals surface area contributed by atoms with Crippen molar-refractivity contribution in [2.45, 2.75) is 44.5 Å². The molecule has 5 atom stereocenters. The highest BCUT2D eigenvalue weighted by molar-refractivity contribution is 5.72. The van der Waals surface area contributed by atoms with E-state index in [-0.39, 0.29) is 0 Å². The van der Waals surface area contributed by atoms with Crippen LogP contribution >= 0.6 is 0 Å². The fourth-order valence-electron chi connectivity index (χ4n) is 2.47. The fraction of sp³-hybridized carbons (Fsp3) is 0.583.